The second-order valence-corrected chi connectivity index (χ2v) is 12.1. The van der Waals surface area contributed by atoms with Crippen LogP contribution in [-0.2, 0) is 0 Å². The maximum atomic E-state index is 3.65. The number of hydrogen-bond acceptors (Lipinski definition) is 0. The zero-order chi connectivity index (χ0) is 12.2. The van der Waals surface area contributed by atoms with Gasteiger partial charge in [0.05, 0.1) is 8.07 Å². The van der Waals surface area contributed by atoms with E-state index in [0.29, 0.717) is 0 Å². The van der Waals surface area contributed by atoms with Gasteiger partial charge in [-0.25, -0.2) is 0 Å². The van der Waals surface area contributed by atoms with E-state index in [2.05, 4.69) is 81.9 Å². The summed E-state index contributed by atoms with van der Waals surface area (Å²) in [4.78, 5) is 0. The highest BCUT2D eigenvalue weighted by atomic mass is 79.9. The van der Waals surface area contributed by atoms with Crippen LogP contribution in [0.2, 0.25) is 19.6 Å². The Morgan fingerprint density at radius 3 is 2.38 bits per heavy atom. The predicted molar refractivity (Wildman–Crippen MR) is 83.5 cm³/mol. The Balaban J connectivity index is 2.80. The van der Waals surface area contributed by atoms with Gasteiger partial charge in [0.1, 0.15) is 0 Å². The van der Waals surface area contributed by atoms with Gasteiger partial charge < -0.3 is 0 Å². The van der Waals surface area contributed by atoms with Crippen LogP contribution in [0.25, 0.3) is 6.08 Å². The SMILES string of the molecule is C[Si](C)(C)/C(Br)=C/C=C/c1ccccc1Br. The molecule has 0 fully saturated rings. The van der Waals surface area contributed by atoms with Crippen molar-refractivity contribution in [2.45, 2.75) is 19.6 Å². The number of halogens is 2. The first-order valence-electron chi connectivity index (χ1n) is 5.20. The molecule has 0 atom stereocenters. The predicted octanol–water partition coefficient (Wildman–Crippen LogP) is 5.62. The highest BCUT2D eigenvalue weighted by molar-refractivity contribution is 9.12. The molecule has 0 aromatic heterocycles. The average molecular weight is 360 g/mol. The Bertz CT molecular complexity index is 414. The lowest BCUT2D eigenvalue weighted by molar-refractivity contribution is 1.60. The normalized spacial score (nSPS) is 13.4. The number of rotatable bonds is 3. The van der Waals surface area contributed by atoms with Crippen LogP contribution >= 0.6 is 31.9 Å². The summed E-state index contributed by atoms with van der Waals surface area (Å²) >= 11 is 7.18. The summed E-state index contributed by atoms with van der Waals surface area (Å²) in [6.07, 6.45) is 6.37. The molecule has 0 N–H and O–H groups in total. The fourth-order valence-corrected chi connectivity index (χ4v) is 2.26. The van der Waals surface area contributed by atoms with E-state index in [1.807, 2.05) is 12.1 Å². The molecule has 0 unspecified atom stereocenters. The van der Waals surface area contributed by atoms with Gasteiger partial charge in [0.15, 0.2) is 0 Å². The van der Waals surface area contributed by atoms with Crippen molar-refractivity contribution in [1.82, 2.24) is 0 Å². The molecule has 1 aromatic rings. The summed E-state index contributed by atoms with van der Waals surface area (Å²) in [6.45, 7) is 6.96. The van der Waals surface area contributed by atoms with Crippen LogP contribution in [0, 0.1) is 0 Å². The molecule has 3 heteroatoms. The van der Waals surface area contributed by atoms with Crippen LogP contribution < -0.4 is 0 Å². The molecule has 86 valence electrons. The lowest BCUT2D eigenvalue weighted by Crippen LogP contribution is -2.19. The van der Waals surface area contributed by atoms with Gasteiger partial charge in [0, 0.05) is 4.47 Å². The summed E-state index contributed by atoms with van der Waals surface area (Å²) in [5, 5.41) is 0. The van der Waals surface area contributed by atoms with Crippen LogP contribution in [0.15, 0.2) is 45.0 Å². The number of allylic oxidation sites excluding steroid dienone is 2. The lowest BCUT2D eigenvalue weighted by atomic mass is 10.2. The van der Waals surface area contributed by atoms with Gasteiger partial charge in [-0.2, -0.15) is 0 Å². The maximum Gasteiger partial charge on any atom is 0.0865 e. The molecule has 16 heavy (non-hydrogen) atoms. The van der Waals surface area contributed by atoms with Gasteiger partial charge in [-0.15, -0.1) is 0 Å². The van der Waals surface area contributed by atoms with Crippen LogP contribution in [0.3, 0.4) is 0 Å². The molecule has 1 rings (SSSR count). The van der Waals surface area contributed by atoms with Crippen molar-refractivity contribution in [3.8, 4) is 0 Å². The van der Waals surface area contributed by atoms with E-state index < -0.39 is 8.07 Å². The van der Waals surface area contributed by atoms with Gasteiger partial charge in [-0.3, -0.25) is 0 Å². The van der Waals surface area contributed by atoms with Crippen molar-refractivity contribution in [2.75, 3.05) is 0 Å². The van der Waals surface area contributed by atoms with E-state index in [1.54, 1.807) is 0 Å². The molecule has 0 aliphatic rings. The average Bonchev–Trinajstić information content (AvgIpc) is 2.19. The van der Waals surface area contributed by atoms with E-state index in [1.165, 1.54) is 9.67 Å². The Hall–Kier alpha value is -0.123. The molecule has 0 bridgehead atoms. The van der Waals surface area contributed by atoms with Crippen molar-refractivity contribution in [3.63, 3.8) is 0 Å². The van der Waals surface area contributed by atoms with Crippen molar-refractivity contribution >= 4 is 46.0 Å². The second kappa shape index (κ2) is 5.99. The standard InChI is InChI=1S/C13H16Br2Si/c1-16(2,3)13(15)10-6-8-11-7-4-5-9-12(11)14/h4-10H,1-3H3/b8-6+,13-10+. The van der Waals surface area contributed by atoms with E-state index in [9.17, 15) is 0 Å². The number of benzene rings is 1. The fourth-order valence-electron chi connectivity index (χ4n) is 1.10. The molecule has 0 saturated heterocycles. The van der Waals surface area contributed by atoms with Crippen molar-refractivity contribution in [2.24, 2.45) is 0 Å². The quantitative estimate of drug-likeness (QED) is 0.485. The summed E-state index contributed by atoms with van der Waals surface area (Å²) < 4.78 is 2.46. The van der Waals surface area contributed by atoms with Gasteiger partial charge in [-0.05, 0) is 15.7 Å². The zero-order valence-electron chi connectivity index (χ0n) is 9.80. The van der Waals surface area contributed by atoms with Gasteiger partial charge >= 0.3 is 0 Å². The molecule has 0 aliphatic heterocycles. The minimum atomic E-state index is -1.20. The fraction of sp³-hybridized carbons (Fsp3) is 0.231. The highest BCUT2D eigenvalue weighted by Gasteiger charge is 2.15. The lowest BCUT2D eigenvalue weighted by Gasteiger charge is -2.13. The second-order valence-electron chi connectivity index (χ2n) is 4.65. The summed E-state index contributed by atoms with van der Waals surface area (Å²) in [5.74, 6) is 0. The minimum absolute atomic E-state index is 1.13. The topological polar surface area (TPSA) is 0 Å². The van der Waals surface area contributed by atoms with Crippen LogP contribution in [0.1, 0.15) is 5.56 Å². The molecule has 0 heterocycles. The van der Waals surface area contributed by atoms with E-state index in [-0.39, 0.29) is 0 Å². The zero-order valence-corrected chi connectivity index (χ0v) is 14.0. The molecule has 0 saturated carbocycles. The van der Waals surface area contributed by atoms with Gasteiger partial charge in [0.25, 0.3) is 0 Å². The Morgan fingerprint density at radius 2 is 1.81 bits per heavy atom. The van der Waals surface area contributed by atoms with Gasteiger partial charge in [-0.1, -0.05) is 87.9 Å². The van der Waals surface area contributed by atoms with Crippen molar-refractivity contribution in [3.05, 3.63) is 50.6 Å². The highest BCUT2D eigenvalue weighted by Crippen LogP contribution is 2.21. The third-order valence-corrected chi connectivity index (χ3v) is 8.29. The third kappa shape index (κ3) is 4.40. The first-order chi connectivity index (χ1) is 7.41. The Morgan fingerprint density at radius 1 is 1.19 bits per heavy atom. The molecule has 0 amide bonds. The molecule has 0 nitrogen and oxygen atoms in total. The van der Waals surface area contributed by atoms with Crippen molar-refractivity contribution in [1.29, 1.82) is 0 Å². The summed E-state index contributed by atoms with van der Waals surface area (Å²) in [7, 11) is -1.20. The third-order valence-electron chi connectivity index (χ3n) is 2.14. The first-order valence-corrected chi connectivity index (χ1v) is 10.3. The van der Waals surface area contributed by atoms with Crippen molar-refractivity contribution < 1.29 is 0 Å². The molecule has 0 radical (unpaired) electrons. The van der Waals surface area contributed by atoms with E-state index in [4.69, 9.17) is 0 Å². The summed E-state index contributed by atoms with van der Waals surface area (Å²) in [5.41, 5.74) is 1.20. The smallest absolute Gasteiger partial charge is 0.0651 e. The minimum Gasteiger partial charge on any atom is -0.0651 e. The first kappa shape index (κ1) is 13.9. The molecular formula is C13H16Br2Si. The van der Waals surface area contributed by atoms with Crippen LogP contribution in [0.5, 0.6) is 0 Å². The van der Waals surface area contributed by atoms with E-state index in [0.717, 1.165) is 4.47 Å². The van der Waals surface area contributed by atoms with E-state index >= 15 is 0 Å². The Kier molecular flexibility index (Phi) is 5.22. The largest absolute Gasteiger partial charge is 0.0865 e. The Labute approximate surface area is 116 Å². The van der Waals surface area contributed by atoms with Crippen LogP contribution in [0.4, 0.5) is 0 Å². The maximum absolute atomic E-state index is 3.65. The molecular weight excluding hydrogens is 344 g/mol. The summed E-state index contributed by atoms with van der Waals surface area (Å²) in [6, 6.07) is 8.21. The number of hydrogen-bond donors (Lipinski definition) is 0. The van der Waals surface area contributed by atoms with Gasteiger partial charge in [0.2, 0.25) is 0 Å². The van der Waals surface area contributed by atoms with Crippen LogP contribution in [-0.4, -0.2) is 8.07 Å². The molecule has 0 spiro atoms. The molecule has 0 aliphatic carbocycles. The molecule has 1 aromatic carbocycles. The monoisotopic (exact) mass is 358 g/mol.